The standard InChI is InChI=1S/C20H18N2O4/c1-14-6-3-4-7-16(14)22-21-13-15-9-10-17(19(12-15)24-2)26-20(23)18-8-5-11-25-18/h3-13,22H,1-2H3/b21-13-. The highest BCUT2D eigenvalue weighted by atomic mass is 16.6. The second-order valence-corrected chi connectivity index (χ2v) is 5.46. The number of hydrogen-bond donors (Lipinski definition) is 1. The minimum absolute atomic E-state index is 0.125. The monoisotopic (exact) mass is 350 g/mol. The van der Waals surface area contributed by atoms with Crippen LogP contribution in [-0.2, 0) is 0 Å². The van der Waals surface area contributed by atoms with Gasteiger partial charge in [-0.25, -0.2) is 4.79 Å². The van der Waals surface area contributed by atoms with E-state index < -0.39 is 5.97 Å². The van der Waals surface area contributed by atoms with Crippen molar-refractivity contribution in [1.82, 2.24) is 0 Å². The summed E-state index contributed by atoms with van der Waals surface area (Å²) in [6.45, 7) is 2.00. The van der Waals surface area contributed by atoms with E-state index in [1.54, 1.807) is 30.5 Å². The van der Waals surface area contributed by atoms with Crippen LogP contribution in [0.2, 0.25) is 0 Å². The van der Waals surface area contributed by atoms with Gasteiger partial charge in [0.05, 0.1) is 25.3 Å². The first-order valence-electron chi connectivity index (χ1n) is 7.96. The number of hydrazone groups is 1. The first-order chi connectivity index (χ1) is 12.7. The van der Waals surface area contributed by atoms with Crippen molar-refractivity contribution < 1.29 is 18.7 Å². The summed E-state index contributed by atoms with van der Waals surface area (Å²) < 4.78 is 15.6. The molecule has 6 nitrogen and oxygen atoms in total. The van der Waals surface area contributed by atoms with Crippen molar-refractivity contribution in [2.24, 2.45) is 5.10 Å². The predicted octanol–water partition coefficient (Wildman–Crippen LogP) is 4.26. The Labute approximate surface area is 151 Å². The zero-order valence-electron chi connectivity index (χ0n) is 14.4. The number of furan rings is 1. The molecule has 0 saturated carbocycles. The third-order valence-corrected chi connectivity index (χ3v) is 3.66. The van der Waals surface area contributed by atoms with E-state index in [4.69, 9.17) is 13.9 Å². The van der Waals surface area contributed by atoms with Crippen molar-refractivity contribution in [2.45, 2.75) is 6.92 Å². The Morgan fingerprint density at radius 2 is 1.96 bits per heavy atom. The lowest BCUT2D eigenvalue weighted by Gasteiger charge is -2.09. The van der Waals surface area contributed by atoms with Gasteiger partial charge in [-0.15, -0.1) is 0 Å². The lowest BCUT2D eigenvalue weighted by molar-refractivity contribution is 0.0696. The molecule has 1 aromatic heterocycles. The Kier molecular flexibility index (Phi) is 5.34. The van der Waals surface area contributed by atoms with Crippen molar-refractivity contribution >= 4 is 17.9 Å². The Morgan fingerprint density at radius 1 is 1.12 bits per heavy atom. The number of aryl methyl sites for hydroxylation is 1. The largest absolute Gasteiger partial charge is 0.493 e. The summed E-state index contributed by atoms with van der Waals surface area (Å²) in [6, 6.07) is 16.2. The van der Waals surface area contributed by atoms with Crippen LogP contribution in [0.15, 0.2) is 70.4 Å². The van der Waals surface area contributed by atoms with Crippen LogP contribution in [0.4, 0.5) is 5.69 Å². The lowest BCUT2D eigenvalue weighted by atomic mass is 10.2. The maximum absolute atomic E-state index is 12.0. The Balaban J connectivity index is 1.71. The molecule has 6 heteroatoms. The molecule has 0 aliphatic rings. The average molecular weight is 350 g/mol. The molecule has 0 aliphatic heterocycles. The lowest BCUT2D eigenvalue weighted by Crippen LogP contribution is -2.08. The third-order valence-electron chi connectivity index (χ3n) is 3.66. The average Bonchev–Trinajstić information content (AvgIpc) is 3.19. The summed E-state index contributed by atoms with van der Waals surface area (Å²) in [5.41, 5.74) is 5.82. The highest BCUT2D eigenvalue weighted by Crippen LogP contribution is 2.28. The molecule has 0 unspecified atom stereocenters. The minimum Gasteiger partial charge on any atom is -0.493 e. The zero-order valence-corrected chi connectivity index (χ0v) is 14.4. The van der Waals surface area contributed by atoms with E-state index in [-0.39, 0.29) is 5.76 Å². The molecule has 0 atom stereocenters. The van der Waals surface area contributed by atoms with Gasteiger partial charge in [0.2, 0.25) is 5.76 Å². The van der Waals surface area contributed by atoms with Gasteiger partial charge < -0.3 is 13.9 Å². The van der Waals surface area contributed by atoms with Gasteiger partial charge in [0.1, 0.15) is 0 Å². The molecule has 0 saturated heterocycles. The molecule has 0 bridgehead atoms. The second kappa shape index (κ2) is 8.02. The number of esters is 1. The van der Waals surface area contributed by atoms with Gasteiger partial charge in [0.25, 0.3) is 0 Å². The number of hydrogen-bond acceptors (Lipinski definition) is 6. The number of carbonyl (C=O) groups excluding carboxylic acids is 1. The fourth-order valence-corrected chi connectivity index (χ4v) is 2.27. The van der Waals surface area contributed by atoms with Gasteiger partial charge in [0, 0.05) is 0 Å². The minimum atomic E-state index is -0.587. The van der Waals surface area contributed by atoms with Crippen LogP contribution in [0, 0.1) is 6.92 Å². The summed E-state index contributed by atoms with van der Waals surface area (Å²) in [5, 5.41) is 4.23. The van der Waals surface area contributed by atoms with Gasteiger partial charge in [-0.1, -0.05) is 18.2 Å². The number of nitrogens with one attached hydrogen (secondary N) is 1. The van der Waals surface area contributed by atoms with Crippen LogP contribution >= 0.6 is 0 Å². The topological polar surface area (TPSA) is 73.1 Å². The molecule has 132 valence electrons. The summed E-state index contributed by atoms with van der Waals surface area (Å²) in [4.78, 5) is 12.0. The number of methoxy groups -OCH3 is 1. The normalized spacial score (nSPS) is 10.7. The van der Waals surface area contributed by atoms with Crippen LogP contribution < -0.4 is 14.9 Å². The number of anilines is 1. The van der Waals surface area contributed by atoms with Gasteiger partial charge in [-0.2, -0.15) is 5.10 Å². The molecule has 3 rings (SSSR count). The third kappa shape index (κ3) is 4.10. The summed E-state index contributed by atoms with van der Waals surface area (Å²) in [7, 11) is 1.51. The number of rotatable bonds is 6. The maximum atomic E-state index is 12.0. The van der Waals surface area contributed by atoms with Crippen LogP contribution in [-0.4, -0.2) is 19.3 Å². The van der Waals surface area contributed by atoms with Crippen molar-refractivity contribution in [1.29, 1.82) is 0 Å². The SMILES string of the molecule is COc1cc(/C=N\Nc2ccccc2C)ccc1OC(=O)c1ccco1. The van der Waals surface area contributed by atoms with Gasteiger partial charge >= 0.3 is 5.97 Å². The summed E-state index contributed by atoms with van der Waals surface area (Å²) in [5.74, 6) is 0.263. The Bertz CT molecular complexity index is 917. The van der Waals surface area contributed by atoms with E-state index in [1.165, 1.54) is 19.4 Å². The number of para-hydroxylation sites is 1. The van der Waals surface area contributed by atoms with Crippen molar-refractivity contribution in [3.8, 4) is 11.5 Å². The smallest absolute Gasteiger partial charge is 0.379 e. The molecule has 0 radical (unpaired) electrons. The molecular weight excluding hydrogens is 332 g/mol. The van der Waals surface area contributed by atoms with Crippen LogP contribution in [0.5, 0.6) is 11.5 Å². The molecule has 0 aliphatic carbocycles. The fraction of sp³-hybridized carbons (Fsp3) is 0.100. The predicted molar refractivity (Wildman–Crippen MR) is 99.1 cm³/mol. The van der Waals surface area contributed by atoms with Crippen LogP contribution in [0.3, 0.4) is 0 Å². The van der Waals surface area contributed by atoms with Crippen molar-refractivity contribution in [3.63, 3.8) is 0 Å². The molecule has 0 spiro atoms. The highest BCUT2D eigenvalue weighted by Gasteiger charge is 2.14. The van der Waals surface area contributed by atoms with Gasteiger partial charge in [-0.3, -0.25) is 5.43 Å². The van der Waals surface area contributed by atoms with E-state index in [2.05, 4.69) is 10.5 Å². The number of ether oxygens (including phenoxy) is 2. The molecule has 3 aromatic rings. The number of carbonyl (C=O) groups is 1. The number of nitrogens with zero attached hydrogens (tertiary/aromatic N) is 1. The zero-order chi connectivity index (χ0) is 18.4. The van der Waals surface area contributed by atoms with Gasteiger partial charge in [-0.05, 0) is 54.4 Å². The van der Waals surface area contributed by atoms with E-state index in [0.29, 0.717) is 11.5 Å². The van der Waals surface area contributed by atoms with Crippen LogP contribution in [0.25, 0.3) is 0 Å². The quantitative estimate of drug-likeness (QED) is 0.311. The number of benzene rings is 2. The first kappa shape index (κ1) is 17.3. The van der Waals surface area contributed by atoms with Crippen molar-refractivity contribution in [2.75, 3.05) is 12.5 Å². The second-order valence-electron chi connectivity index (χ2n) is 5.46. The maximum Gasteiger partial charge on any atom is 0.379 e. The van der Waals surface area contributed by atoms with Crippen LogP contribution in [0.1, 0.15) is 21.7 Å². The molecule has 1 N–H and O–H groups in total. The van der Waals surface area contributed by atoms with E-state index >= 15 is 0 Å². The van der Waals surface area contributed by atoms with E-state index in [0.717, 1.165) is 16.8 Å². The highest BCUT2D eigenvalue weighted by molar-refractivity contribution is 5.89. The van der Waals surface area contributed by atoms with E-state index in [9.17, 15) is 4.79 Å². The van der Waals surface area contributed by atoms with Gasteiger partial charge in [0.15, 0.2) is 11.5 Å². The van der Waals surface area contributed by atoms with E-state index in [1.807, 2.05) is 31.2 Å². The molecule has 1 heterocycles. The molecule has 0 amide bonds. The van der Waals surface area contributed by atoms with Crippen molar-refractivity contribution in [3.05, 3.63) is 77.7 Å². The summed E-state index contributed by atoms with van der Waals surface area (Å²) in [6.07, 6.45) is 3.07. The molecule has 26 heavy (non-hydrogen) atoms. The molecule has 2 aromatic carbocycles. The molecular formula is C20H18N2O4. The Hall–Kier alpha value is -3.54. The Morgan fingerprint density at radius 3 is 2.69 bits per heavy atom. The summed E-state index contributed by atoms with van der Waals surface area (Å²) >= 11 is 0. The fourth-order valence-electron chi connectivity index (χ4n) is 2.27. The first-order valence-corrected chi connectivity index (χ1v) is 7.96. The molecule has 0 fully saturated rings.